The molecule has 0 bridgehead atoms. The molecule has 1 aromatic carbocycles. The van der Waals surface area contributed by atoms with Crippen LogP contribution >= 0.6 is 12.2 Å². The lowest BCUT2D eigenvalue weighted by molar-refractivity contribution is -0.143. The van der Waals surface area contributed by atoms with Gasteiger partial charge in [-0.2, -0.15) is 0 Å². The molecule has 32 heavy (non-hydrogen) atoms. The van der Waals surface area contributed by atoms with Crippen molar-refractivity contribution in [2.24, 2.45) is 0 Å². The summed E-state index contributed by atoms with van der Waals surface area (Å²) in [5.74, 6) is -0.136. The van der Waals surface area contributed by atoms with E-state index in [9.17, 15) is 9.90 Å². The van der Waals surface area contributed by atoms with E-state index in [0.717, 1.165) is 22.6 Å². The number of rotatable bonds is 6. The summed E-state index contributed by atoms with van der Waals surface area (Å²) in [5, 5.41) is 14.3. The molecule has 1 aliphatic rings. The van der Waals surface area contributed by atoms with Crippen molar-refractivity contribution in [2.45, 2.75) is 32.9 Å². The Labute approximate surface area is 192 Å². The zero-order chi connectivity index (χ0) is 22.8. The van der Waals surface area contributed by atoms with Crippen LogP contribution in [0.3, 0.4) is 0 Å². The van der Waals surface area contributed by atoms with Gasteiger partial charge in [-0.15, -0.1) is 0 Å². The van der Waals surface area contributed by atoms with Crippen LogP contribution in [0.25, 0.3) is 5.69 Å². The third kappa shape index (κ3) is 3.93. The minimum atomic E-state index is -0.335. The van der Waals surface area contributed by atoms with Crippen molar-refractivity contribution in [3.05, 3.63) is 77.4 Å². The molecule has 3 heterocycles. The van der Waals surface area contributed by atoms with Crippen molar-refractivity contribution in [1.82, 2.24) is 19.8 Å². The first-order valence-corrected chi connectivity index (χ1v) is 10.9. The molecule has 2 aromatic heterocycles. The van der Waals surface area contributed by atoms with Gasteiger partial charge >= 0.3 is 5.97 Å². The number of hydrogen-bond acceptors (Lipinski definition) is 5. The molecule has 0 unspecified atom stereocenters. The first kappa shape index (κ1) is 21.8. The molecule has 0 saturated carbocycles. The largest absolute Gasteiger partial charge is 0.506 e. The number of ether oxygens (including phenoxy) is 1. The van der Waals surface area contributed by atoms with Gasteiger partial charge in [0.25, 0.3) is 0 Å². The number of aryl methyl sites for hydroxylation is 1. The standard InChI is InChI=1S/C24H26N4O3S/c1-4-31-21(30)14-27-23(22(26-24(27)32)18-9-7-8-12-25-18)17-13-15(2)28(16(17)3)19-10-5-6-11-20(19)29/h5-13,22-23,29H,4,14H2,1-3H3,(H,26,32)/t22-,23+/m0/s1. The second-order valence-electron chi connectivity index (χ2n) is 7.71. The fourth-order valence-electron chi connectivity index (χ4n) is 4.37. The van der Waals surface area contributed by atoms with Gasteiger partial charge in [0.1, 0.15) is 12.3 Å². The Balaban J connectivity index is 1.83. The predicted octanol–water partition coefficient (Wildman–Crippen LogP) is 3.73. The van der Waals surface area contributed by atoms with Crippen molar-refractivity contribution in [3.8, 4) is 11.4 Å². The Morgan fingerprint density at radius 1 is 1.22 bits per heavy atom. The maximum atomic E-state index is 12.4. The van der Waals surface area contributed by atoms with E-state index in [-0.39, 0.29) is 30.3 Å². The smallest absolute Gasteiger partial charge is 0.325 e. The zero-order valence-electron chi connectivity index (χ0n) is 18.3. The van der Waals surface area contributed by atoms with Gasteiger partial charge in [0, 0.05) is 17.6 Å². The molecule has 3 aromatic rings. The van der Waals surface area contributed by atoms with E-state index >= 15 is 0 Å². The number of carbonyl (C=O) groups excluding carboxylic acids is 1. The highest BCUT2D eigenvalue weighted by molar-refractivity contribution is 7.80. The van der Waals surface area contributed by atoms with Crippen LogP contribution in [0, 0.1) is 13.8 Å². The lowest BCUT2D eigenvalue weighted by atomic mass is 9.97. The van der Waals surface area contributed by atoms with Crippen LogP contribution in [-0.4, -0.2) is 43.8 Å². The molecule has 7 nitrogen and oxygen atoms in total. The average molecular weight is 451 g/mol. The number of aromatic nitrogens is 2. The van der Waals surface area contributed by atoms with Gasteiger partial charge in [-0.1, -0.05) is 18.2 Å². The van der Waals surface area contributed by atoms with Gasteiger partial charge in [-0.25, -0.2) is 0 Å². The van der Waals surface area contributed by atoms with E-state index < -0.39 is 0 Å². The number of nitrogens with zero attached hydrogens (tertiary/aromatic N) is 3. The SMILES string of the molecule is CCOC(=O)CN1C(=S)N[C@@H](c2ccccn2)[C@H]1c1cc(C)n(-c2ccccc2O)c1C. The Morgan fingerprint density at radius 2 is 1.97 bits per heavy atom. The normalized spacial score (nSPS) is 18.0. The number of hydrogen-bond donors (Lipinski definition) is 2. The van der Waals surface area contributed by atoms with Crippen LogP contribution in [-0.2, 0) is 9.53 Å². The van der Waals surface area contributed by atoms with E-state index in [1.165, 1.54) is 0 Å². The highest BCUT2D eigenvalue weighted by atomic mass is 32.1. The number of phenolic OH excluding ortho intramolecular Hbond substituents is 1. The molecule has 0 aliphatic carbocycles. The number of benzene rings is 1. The molecule has 8 heteroatoms. The molecule has 1 aliphatic heterocycles. The van der Waals surface area contributed by atoms with Crippen molar-refractivity contribution in [2.75, 3.05) is 13.2 Å². The average Bonchev–Trinajstić information content (AvgIpc) is 3.25. The van der Waals surface area contributed by atoms with Gasteiger partial charge in [0.15, 0.2) is 5.11 Å². The molecule has 2 N–H and O–H groups in total. The van der Waals surface area contributed by atoms with Crippen LogP contribution in [0.2, 0.25) is 0 Å². The molecular formula is C24H26N4O3S. The predicted molar refractivity (Wildman–Crippen MR) is 126 cm³/mol. The number of para-hydroxylation sites is 2. The van der Waals surface area contributed by atoms with Crippen molar-refractivity contribution in [3.63, 3.8) is 0 Å². The molecule has 0 amide bonds. The lowest BCUT2D eigenvalue weighted by Crippen LogP contribution is -2.35. The minimum absolute atomic E-state index is 0.0356. The number of carbonyl (C=O) groups is 1. The zero-order valence-corrected chi connectivity index (χ0v) is 19.1. The monoisotopic (exact) mass is 450 g/mol. The van der Waals surface area contributed by atoms with Crippen LogP contribution in [0.15, 0.2) is 54.7 Å². The summed E-state index contributed by atoms with van der Waals surface area (Å²) >= 11 is 5.63. The number of aromatic hydroxyl groups is 1. The summed E-state index contributed by atoms with van der Waals surface area (Å²) in [5.41, 5.74) is 4.45. The van der Waals surface area contributed by atoms with Crippen LogP contribution in [0.4, 0.5) is 0 Å². The molecule has 0 spiro atoms. The molecule has 1 fully saturated rings. The summed E-state index contributed by atoms with van der Waals surface area (Å²) in [6.07, 6.45) is 1.75. The summed E-state index contributed by atoms with van der Waals surface area (Å²) in [6.45, 7) is 6.13. The number of pyridine rings is 1. The number of nitrogens with one attached hydrogen (secondary N) is 1. The number of phenols is 1. The third-order valence-electron chi connectivity index (χ3n) is 5.71. The maximum Gasteiger partial charge on any atom is 0.325 e. The number of thiocarbonyl (C=S) groups is 1. The summed E-state index contributed by atoms with van der Waals surface area (Å²) in [7, 11) is 0. The van der Waals surface area contributed by atoms with Crippen molar-refractivity contribution in [1.29, 1.82) is 0 Å². The van der Waals surface area contributed by atoms with E-state index in [1.807, 2.05) is 53.6 Å². The van der Waals surface area contributed by atoms with Crippen LogP contribution < -0.4 is 5.32 Å². The summed E-state index contributed by atoms with van der Waals surface area (Å²) in [6, 6.07) is 14.6. The van der Waals surface area contributed by atoms with Gasteiger partial charge in [0.05, 0.1) is 30.1 Å². The van der Waals surface area contributed by atoms with Gasteiger partial charge in [0.2, 0.25) is 0 Å². The fourth-order valence-corrected chi connectivity index (χ4v) is 4.68. The van der Waals surface area contributed by atoms with Gasteiger partial charge in [-0.05, 0) is 68.9 Å². The first-order valence-electron chi connectivity index (χ1n) is 10.5. The first-order chi connectivity index (χ1) is 15.4. The second kappa shape index (κ2) is 9.00. The number of esters is 1. The van der Waals surface area contributed by atoms with E-state index in [2.05, 4.69) is 16.4 Å². The van der Waals surface area contributed by atoms with Crippen molar-refractivity contribution >= 4 is 23.3 Å². The highest BCUT2D eigenvalue weighted by Crippen LogP contribution is 2.41. The maximum absolute atomic E-state index is 12.4. The van der Waals surface area contributed by atoms with Crippen molar-refractivity contribution < 1.29 is 14.6 Å². The molecule has 1 saturated heterocycles. The molecule has 2 atom stereocenters. The summed E-state index contributed by atoms with van der Waals surface area (Å²) < 4.78 is 7.22. The fraction of sp³-hybridized carbons (Fsp3) is 0.292. The van der Waals surface area contributed by atoms with E-state index in [0.29, 0.717) is 17.4 Å². The lowest BCUT2D eigenvalue weighted by Gasteiger charge is -2.27. The quantitative estimate of drug-likeness (QED) is 0.438. The Hall–Kier alpha value is -3.39. The minimum Gasteiger partial charge on any atom is -0.506 e. The Bertz CT molecular complexity index is 1150. The van der Waals surface area contributed by atoms with Gasteiger partial charge in [-0.3, -0.25) is 9.78 Å². The van der Waals surface area contributed by atoms with E-state index in [4.69, 9.17) is 17.0 Å². The molecule has 166 valence electrons. The van der Waals surface area contributed by atoms with Crippen LogP contribution in [0.1, 0.15) is 41.7 Å². The molecule has 0 radical (unpaired) electrons. The molecular weight excluding hydrogens is 424 g/mol. The topological polar surface area (TPSA) is 79.6 Å². The Morgan fingerprint density at radius 3 is 2.66 bits per heavy atom. The van der Waals surface area contributed by atoms with E-state index in [1.54, 1.807) is 25.3 Å². The Kier molecular flexibility index (Phi) is 6.14. The van der Waals surface area contributed by atoms with Crippen LogP contribution in [0.5, 0.6) is 5.75 Å². The summed E-state index contributed by atoms with van der Waals surface area (Å²) in [4.78, 5) is 18.8. The van der Waals surface area contributed by atoms with Gasteiger partial charge < -0.3 is 24.6 Å². The molecule has 4 rings (SSSR count). The second-order valence-corrected chi connectivity index (χ2v) is 8.10. The highest BCUT2D eigenvalue weighted by Gasteiger charge is 2.42. The third-order valence-corrected chi connectivity index (χ3v) is 6.07.